The molecule has 9 heteroatoms. The minimum atomic E-state index is -3.28. The Bertz CT molecular complexity index is 1090. The van der Waals surface area contributed by atoms with Crippen molar-refractivity contribution in [3.05, 3.63) is 47.0 Å². The maximum atomic E-state index is 13.2. The molecule has 1 heterocycles. The molecule has 2 aromatic rings. The Morgan fingerprint density at radius 1 is 1.12 bits per heavy atom. The highest BCUT2D eigenvalue weighted by Gasteiger charge is 2.36. The van der Waals surface area contributed by atoms with E-state index in [9.17, 15) is 23.4 Å². The summed E-state index contributed by atoms with van der Waals surface area (Å²) in [6, 6.07) is 6.64. The van der Waals surface area contributed by atoms with Gasteiger partial charge in [-0.3, -0.25) is 10.1 Å². The number of rotatable bonds is 10. The summed E-state index contributed by atoms with van der Waals surface area (Å²) < 4.78 is 25.0. The van der Waals surface area contributed by atoms with E-state index in [1.54, 1.807) is 24.3 Å². The summed E-state index contributed by atoms with van der Waals surface area (Å²) in [5, 5.41) is 23.4. The van der Waals surface area contributed by atoms with Crippen LogP contribution in [0.15, 0.2) is 40.6 Å². The molecule has 2 fully saturated rings. The third-order valence-electron chi connectivity index (χ3n) is 6.29. The third kappa shape index (κ3) is 5.90. The highest BCUT2D eigenvalue weighted by Crippen LogP contribution is 2.35. The summed E-state index contributed by atoms with van der Waals surface area (Å²) in [5.41, 5.74) is 1.92. The van der Waals surface area contributed by atoms with Crippen LogP contribution in [0.5, 0.6) is 0 Å². The smallest absolute Gasteiger partial charge is 0.257 e. The number of aromatic nitrogens is 1. The van der Waals surface area contributed by atoms with Gasteiger partial charge >= 0.3 is 0 Å². The van der Waals surface area contributed by atoms with Gasteiger partial charge < -0.3 is 10.2 Å². The topological polar surface area (TPSA) is 117 Å². The maximum Gasteiger partial charge on any atom is 0.257 e. The highest BCUT2D eigenvalue weighted by atomic mass is 32.2. The summed E-state index contributed by atoms with van der Waals surface area (Å²) in [6.45, 7) is -0.257. The van der Waals surface area contributed by atoms with Crippen LogP contribution in [0.1, 0.15) is 49.8 Å². The van der Waals surface area contributed by atoms with Crippen molar-refractivity contribution in [2.75, 3.05) is 18.5 Å². The average Bonchev–Trinajstić information content (AvgIpc) is 3.40. The lowest BCUT2D eigenvalue weighted by atomic mass is 9.98. The van der Waals surface area contributed by atoms with E-state index in [1.165, 1.54) is 11.3 Å². The maximum absolute atomic E-state index is 13.2. The van der Waals surface area contributed by atoms with Gasteiger partial charge in [0.05, 0.1) is 15.8 Å². The van der Waals surface area contributed by atoms with Crippen LogP contribution in [-0.4, -0.2) is 48.0 Å². The Morgan fingerprint density at radius 3 is 2.39 bits per heavy atom. The van der Waals surface area contributed by atoms with Crippen LogP contribution in [0.25, 0.3) is 5.57 Å². The van der Waals surface area contributed by atoms with Gasteiger partial charge in [0.1, 0.15) is 0 Å². The van der Waals surface area contributed by atoms with E-state index >= 15 is 0 Å². The van der Waals surface area contributed by atoms with Crippen LogP contribution < -0.4 is 5.32 Å². The van der Waals surface area contributed by atoms with Crippen molar-refractivity contribution in [3.63, 3.8) is 0 Å². The molecule has 1 amide bonds. The Balaban J connectivity index is 1.53. The molecule has 1 aromatic heterocycles. The van der Waals surface area contributed by atoms with Crippen molar-refractivity contribution in [1.29, 1.82) is 0 Å². The average molecular weight is 491 g/mol. The van der Waals surface area contributed by atoms with Crippen LogP contribution in [-0.2, 0) is 21.1 Å². The van der Waals surface area contributed by atoms with Crippen LogP contribution in [0.4, 0.5) is 5.13 Å². The van der Waals surface area contributed by atoms with Crippen LogP contribution in [0, 0.1) is 11.8 Å². The molecule has 0 spiro atoms. The largest absolute Gasteiger partial charge is 0.396 e. The predicted molar refractivity (Wildman–Crippen MR) is 129 cm³/mol. The first kappa shape index (κ1) is 24.1. The van der Waals surface area contributed by atoms with Crippen molar-refractivity contribution in [2.45, 2.75) is 55.1 Å². The van der Waals surface area contributed by atoms with E-state index in [1.807, 2.05) is 11.5 Å². The molecule has 4 rings (SSSR count). The molecular weight excluding hydrogens is 460 g/mol. The van der Waals surface area contributed by atoms with Crippen molar-refractivity contribution in [3.8, 4) is 0 Å². The second-order valence-electron chi connectivity index (χ2n) is 8.93. The number of nitrogens with zero attached hydrogens (tertiary/aromatic N) is 1. The molecule has 0 saturated heterocycles. The number of aliphatic hydroxyl groups is 2. The summed E-state index contributed by atoms with van der Waals surface area (Å²) in [4.78, 5) is 18.0. The Labute approximate surface area is 198 Å². The molecule has 0 radical (unpaired) electrons. The van der Waals surface area contributed by atoms with Crippen LogP contribution >= 0.6 is 11.3 Å². The number of hydrogen-bond acceptors (Lipinski definition) is 7. The first-order chi connectivity index (χ1) is 15.9. The molecule has 0 unspecified atom stereocenters. The van der Waals surface area contributed by atoms with Crippen LogP contribution in [0.2, 0.25) is 0 Å². The number of allylic oxidation sites excluding steroid dienone is 1. The van der Waals surface area contributed by atoms with Gasteiger partial charge in [0.2, 0.25) is 0 Å². The number of sulfone groups is 1. The summed E-state index contributed by atoms with van der Waals surface area (Å²) in [5.74, 6) is -0.234. The van der Waals surface area contributed by atoms with Gasteiger partial charge in [-0.1, -0.05) is 31.1 Å². The van der Waals surface area contributed by atoms with Crippen molar-refractivity contribution in [1.82, 2.24) is 4.98 Å². The summed E-state index contributed by atoms with van der Waals surface area (Å²) in [7, 11) is -3.28. The Morgan fingerprint density at radius 2 is 1.79 bits per heavy atom. The number of nitrogens with one attached hydrogen (secondary N) is 1. The number of carbonyl (C=O) groups excluding carboxylic acids is 1. The van der Waals surface area contributed by atoms with E-state index in [-0.39, 0.29) is 30.3 Å². The molecule has 0 aliphatic heterocycles. The molecule has 7 nitrogen and oxygen atoms in total. The number of amides is 1. The minimum absolute atomic E-state index is 0.129. The van der Waals surface area contributed by atoms with Gasteiger partial charge in [-0.2, -0.15) is 0 Å². The van der Waals surface area contributed by atoms with Gasteiger partial charge in [-0.05, 0) is 55.7 Å². The van der Waals surface area contributed by atoms with Crippen LogP contribution in [0.3, 0.4) is 0 Å². The quantitative estimate of drug-likeness (QED) is 0.439. The number of aliphatic hydroxyl groups excluding tert-OH is 2. The Kier molecular flexibility index (Phi) is 7.63. The van der Waals surface area contributed by atoms with E-state index in [2.05, 4.69) is 10.3 Å². The van der Waals surface area contributed by atoms with E-state index < -0.39 is 9.84 Å². The molecule has 1 aromatic carbocycles. The van der Waals surface area contributed by atoms with Crippen molar-refractivity contribution in [2.24, 2.45) is 11.8 Å². The second kappa shape index (κ2) is 10.5. The molecule has 3 N–H and O–H groups in total. The minimum Gasteiger partial charge on any atom is -0.396 e. The lowest BCUT2D eigenvalue weighted by molar-refractivity contribution is -0.111. The molecule has 2 aliphatic carbocycles. The summed E-state index contributed by atoms with van der Waals surface area (Å²) >= 11 is 1.30. The van der Waals surface area contributed by atoms with E-state index in [4.69, 9.17) is 0 Å². The SMILES string of the molecule is O=C(Nc1nc(CC(CO)CO)cs1)/C(=C/C1CCCC1)c1ccc(S(=O)(=O)C2CC2)cc1. The normalized spacial score (nSPS) is 17.6. The lowest BCUT2D eigenvalue weighted by Gasteiger charge is -2.12. The molecule has 0 atom stereocenters. The van der Waals surface area contributed by atoms with Gasteiger partial charge in [-0.25, -0.2) is 13.4 Å². The fraction of sp³-hybridized carbons (Fsp3) is 0.500. The zero-order valence-electron chi connectivity index (χ0n) is 18.4. The number of anilines is 1. The zero-order chi connectivity index (χ0) is 23.4. The standard InChI is InChI=1S/C24H30N2O5S2/c27-13-17(14-28)11-19-15-32-24(25-19)26-23(29)22(12-16-3-1-2-4-16)18-5-7-20(8-6-18)33(30,31)21-9-10-21/h5-8,12,15-17,21,27-28H,1-4,9-11,13-14H2,(H,25,26,29)/b22-12+. The first-order valence-corrected chi connectivity index (χ1v) is 13.9. The van der Waals surface area contributed by atoms with Gasteiger partial charge in [0.25, 0.3) is 5.91 Å². The van der Waals surface area contributed by atoms with Gasteiger partial charge in [0.15, 0.2) is 15.0 Å². The Hall–Kier alpha value is -2.07. The first-order valence-electron chi connectivity index (χ1n) is 11.4. The monoisotopic (exact) mass is 490 g/mol. The fourth-order valence-electron chi connectivity index (χ4n) is 4.16. The molecule has 178 valence electrons. The number of carbonyl (C=O) groups is 1. The summed E-state index contributed by atoms with van der Waals surface area (Å²) in [6.07, 6.45) is 8.23. The lowest BCUT2D eigenvalue weighted by Crippen LogP contribution is -2.16. The van der Waals surface area contributed by atoms with Crippen molar-refractivity contribution < 1.29 is 23.4 Å². The second-order valence-corrected chi connectivity index (χ2v) is 12.0. The zero-order valence-corrected chi connectivity index (χ0v) is 20.1. The third-order valence-corrected chi connectivity index (χ3v) is 9.38. The van der Waals surface area contributed by atoms with Gasteiger partial charge in [-0.15, -0.1) is 11.3 Å². The molecule has 2 saturated carbocycles. The van der Waals surface area contributed by atoms with E-state index in [0.29, 0.717) is 52.0 Å². The predicted octanol–water partition coefficient (Wildman–Crippen LogP) is 3.43. The molecule has 2 aliphatic rings. The fourth-order valence-corrected chi connectivity index (χ4v) is 6.54. The molecule has 0 bridgehead atoms. The van der Waals surface area contributed by atoms with Crippen molar-refractivity contribution >= 4 is 37.8 Å². The number of hydrogen-bond donors (Lipinski definition) is 3. The molecular formula is C24H30N2O5S2. The highest BCUT2D eigenvalue weighted by molar-refractivity contribution is 7.92. The number of thiazole rings is 1. The number of benzene rings is 1. The van der Waals surface area contributed by atoms with E-state index in [0.717, 1.165) is 25.7 Å². The van der Waals surface area contributed by atoms with Gasteiger partial charge in [0, 0.05) is 30.1 Å². The molecule has 33 heavy (non-hydrogen) atoms.